The molecule has 2 aliphatic rings. The summed E-state index contributed by atoms with van der Waals surface area (Å²) in [6.45, 7) is 10.1. The Morgan fingerprint density at radius 1 is 1.07 bits per heavy atom. The molecule has 0 spiro atoms. The molecule has 0 radical (unpaired) electrons. The minimum absolute atomic E-state index is 0.0158. The Bertz CT molecular complexity index is 1500. The zero-order chi connectivity index (χ0) is 30.9. The number of nitrogens with one attached hydrogen (secondary N) is 2. The topological polar surface area (TPSA) is 79.3 Å². The maximum atomic E-state index is 13.7. The number of halogens is 2. The van der Waals surface area contributed by atoms with Crippen LogP contribution in [0.3, 0.4) is 0 Å². The van der Waals surface area contributed by atoms with Crippen LogP contribution in [0.1, 0.15) is 80.7 Å². The highest BCUT2D eigenvalue weighted by Crippen LogP contribution is 2.34. The number of nitrogens with zero attached hydrogens (tertiary/aromatic N) is 3. The number of aromatic nitrogens is 2. The monoisotopic (exact) mass is 643 g/mol. The van der Waals surface area contributed by atoms with E-state index in [1.165, 1.54) is 0 Å². The summed E-state index contributed by atoms with van der Waals surface area (Å²) in [5.41, 5.74) is 4.47. The average Bonchev–Trinajstić information content (AvgIpc) is 3.29. The Balaban J connectivity index is 1.46. The van der Waals surface area contributed by atoms with Gasteiger partial charge >= 0.3 is 0 Å². The maximum absolute atomic E-state index is 13.7. The van der Waals surface area contributed by atoms with Gasteiger partial charge in [0.1, 0.15) is 5.82 Å². The van der Waals surface area contributed by atoms with Crippen molar-refractivity contribution in [2.75, 3.05) is 29.5 Å². The molecule has 1 aliphatic heterocycles. The molecule has 1 saturated carbocycles. The minimum atomic E-state index is -0.495. The minimum Gasteiger partial charge on any atom is -0.369 e. The Labute approximate surface area is 269 Å². The van der Waals surface area contributed by atoms with Gasteiger partial charge in [0.15, 0.2) is 0 Å². The van der Waals surface area contributed by atoms with E-state index in [0.29, 0.717) is 28.6 Å². The largest absolute Gasteiger partial charge is 0.369 e. The Hall–Kier alpha value is -2.42. The van der Waals surface area contributed by atoms with E-state index < -0.39 is 5.41 Å². The van der Waals surface area contributed by atoms with E-state index in [4.69, 9.17) is 28.2 Å². The summed E-state index contributed by atoms with van der Waals surface area (Å²) in [5, 5.41) is 7.40. The number of rotatable bonds is 7. The van der Waals surface area contributed by atoms with Crippen LogP contribution in [0.5, 0.6) is 0 Å². The first-order valence-electron chi connectivity index (χ1n) is 15.3. The van der Waals surface area contributed by atoms with E-state index >= 15 is 0 Å². The first-order chi connectivity index (χ1) is 20.4. The molecule has 3 aromatic rings. The lowest BCUT2D eigenvalue weighted by molar-refractivity contribution is -0.128. The van der Waals surface area contributed by atoms with E-state index in [0.717, 1.165) is 89.9 Å². The summed E-state index contributed by atoms with van der Waals surface area (Å²) in [6.07, 6.45) is 4.78. The summed E-state index contributed by atoms with van der Waals surface area (Å²) in [4.78, 5) is 33.5. The van der Waals surface area contributed by atoms with Gasteiger partial charge in [0, 0.05) is 61.1 Å². The second kappa shape index (κ2) is 13.3. The van der Waals surface area contributed by atoms with Crippen molar-refractivity contribution >= 4 is 63.5 Å². The summed E-state index contributed by atoms with van der Waals surface area (Å²) in [7, 11) is 2.00. The first-order valence-corrected chi connectivity index (χ1v) is 17.2. The number of thioether (sulfide) groups is 1. The number of hydrogen-bond donors (Lipinski definition) is 2. The second-order valence-corrected chi connectivity index (χ2v) is 15.1. The number of imidazole rings is 1. The number of aryl methyl sites for hydroxylation is 1. The van der Waals surface area contributed by atoms with Crippen LogP contribution in [0.25, 0.3) is 11.0 Å². The number of hydrogen-bond acceptors (Lipinski definition) is 5. The van der Waals surface area contributed by atoms with Crippen LogP contribution in [-0.4, -0.2) is 52.0 Å². The summed E-state index contributed by atoms with van der Waals surface area (Å²) >= 11 is 15.5. The number of fused-ring (bicyclic) bond motifs is 1. The molecule has 2 heterocycles. The van der Waals surface area contributed by atoms with Gasteiger partial charge in [-0.25, -0.2) is 4.98 Å². The van der Waals surface area contributed by atoms with Gasteiger partial charge in [-0.1, -0.05) is 57.0 Å². The van der Waals surface area contributed by atoms with Gasteiger partial charge < -0.3 is 20.1 Å². The van der Waals surface area contributed by atoms with Crippen molar-refractivity contribution in [1.29, 1.82) is 0 Å². The lowest BCUT2D eigenvalue weighted by Crippen LogP contribution is -2.39. The molecule has 1 aromatic heterocycles. The highest BCUT2D eigenvalue weighted by Gasteiger charge is 2.26. The van der Waals surface area contributed by atoms with E-state index in [-0.39, 0.29) is 17.9 Å². The zero-order valence-electron chi connectivity index (χ0n) is 25.9. The SMILES string of the molecule is CC1CCC(NC(=O)c2cc3nc(Cc4c(Cl)ccc(CNC(=O)C(C)(C)C)c4Cl)n(C)c3cc2N2CCSCC2)CC1. The standard InChI is InChI=1S/C33H43Cl2N5O2S/c1-20-6-9-22(10-7-20)37-31(41)24-16-26-28(18-27(24)40-12-14-43-15-13-40)39(5)29(38-26)17-23-25(34)11-8-21(30(23)35)19-36-32(42)33(2,3)4/h8,11,16,18,20,22H,6-7,9-10,12-15,17,19H2,1-5H3,(H,36,42)(H,37,41). The molecule has 1 saturated heterocycles. The molecule has 0 bridgehead atoms. The molecule has 1 aliphatic carbocycles. The van der Waals surface area contributed by atoms with Crippen molar-refractivity contribution in [3.05, 3.63) is 56.8 Å². The van der Waals surface area contributed by atoms with Crippen molar-refractivity contribution in [3.8, 4) is 0 Å². The molecular formula is C33H43Cl2N5O2S. The van der Waals surface area contributed by atoms with Crippen LogP contribution >= 0.6 is 35.0 Å². The average molecular weight is 645 g/mol. The van der Waals surface area contributed by atoms with Gasteiger partial charge in [0.05, 0.1) is 27.3 Å². The second-order valence-electron chi connectivity index (χ2n) is 13.1. The van der Waals surface area contributed by atoms with Crippen molar-refractivity contribution in [2.24, 2.45) is 18.4 Å². The van der Waals surface area contributed by atoms with Crippen LogP contribution in [0.15, 0.2) is 24.3 Å². The van der Waals surface area contributed by atoms with Crippen molar-refractivity contribution in [1.82, 2.24) is 20.2 Å². The highest BCUT2D eigenvalue weighted by atomic mass is 35.5. The lowest BCUT2D eigenvalue weighted by Gasteiger charge is -2.31. The summed E-state index contributed by atoms with van der Waals surface area (Å²) in [6, 6.07) is 7.98. The summed E-state index contributed by atoms with van der Waals surface area (Å²) < 4.78 is 2.07. The Kier molecular flexibility index (Phi) is 9.89. The van der Waals surface area contributed by atoms with E-state index in [9.17, 15) is 9.59 Å². The predicted molar refractivity (Wildman–Crippen MR) is 180 cm³/mol. The fourth-order valence-electron chi connectivity index (χ4n) is 5.89. The molecule has 43 heavy (non-hydrogen) atoms. The predicted octanol–water partition coefficient (Wildman–Crippen LogP) is 6.99. The van der Waals surface area contributed by atoms with Gasteiger partial charge in [0.25, 0.3) is 5.91 Å². The highest BCUT2D eigenvalue weighted by molar-refractivity contribution is 7.99. The molecular weight excluding hydrogens is 601 g/mol. The van der Waals surface area contributed by atoms with E-state index in [1.54, 1.807) is 0 Å². The van der Waals surface area contributed by atoms with Crippen LogP contribution in [0.4, 0.5) is 5.69 Å². The van der Waals surface area contributed by atoms with Gasteiger partial charge in [-0.15, -0.1) is 0 Å². The maximum Gasteiger partial charge on any atom is 0.253 e. The fourth-order valence-corrected chi connectivity index (χ4v) is 7.37. The molecule has 2 aromatic carbocycles. The van der Waals surface area contributed by atoms with E-state index in [2.05, 4.69) is 33.1 Å². The number of carbonyl (C=O) groups is 2. The molecule has 232 valence electrons. The van der Waals surface area contributed by atoms with Crippen LogP contribution in [0.2, 0.25) is 10.0 Å². The van der Waals surface area contributed by atoms with Gasteiger partial charge in [-0.3, -0.25) is 9.59 Å². The number of carbonyl (C=O) groups excluding carboxylic acids is 2. The third-order valence-electron chi connectivity index (χ3n) is 8.76. The number of anilines is 1. The van der Waals surface area contributed by atoms with Crippen molar-refractivity contribution < 1.29 is 9.59 Å². The first kappa shape index (κ1) is 32.0. The lowest BCUT2D eigenvalue weighted by atomic mass is 9.87. The van der Waals surface area contributed by atoms with Crippen LogP contribution < -0.4 is 15.5 Å². The van der Waals surface area contributed by atoms with Gasteiger partial charge in [-0.2, -0.15) is 11.8 Å². The molecule has 5 rings (SSSR count). The molecule has 2 fully saturated rings. The summed E-state index contributed by atoms with van der Waals surface area (Å²) in [5.74, 6) is 3.55. The molecule has 7 nitrogen and oxygen atoms in total. The van der Waals surface area contributed by atoms with Crippen molar-refractivity contribution in [2.45, 2.75) is 72.4 Å². The Morgan fingerprint density at radius 2 is 1.77 bits per heavy atom. The Morgan fingerprint density at radius 3 is 2.44 bits per heavy atom. The molecule has 10 heteroatoms. The van der Waals surface area contributed by atoms with Crippen LogP contribution in [-0.2, 0) is 24.8 Å². The van der Waals surface area contributed by atoms with Gasteiger partial charge in [-0.05, 0) is 60.9 Å². The zero-order valence-corrected chi connectivity index (χ0v) is 28.2. The normalized spacial score (nSPS) is 19.5. The third-order valence-corrected chi connectivity index (χ3v) is 10.5. The van der Waals surface area contributed by atoms with Crippen LogP contribution in [0, 0.1) is 11.3 Å². The fraction of sp³-hybridized carbons (Fsp3) is 0.545. The molecule has 0 atom stereocenters. The number of benzene rings is 2. The molecule has 0 unspecified atom stereocenters. The van der Waals surface area contributed by atoms with Crippen molar-refractivity contribution in [3.63, 3.8) is 0 Å². The molecule has 2 amide bonds. The van der Waals surface area contributed by atoms with E-state index in [1.807, 2.05) is 57.8 Å². The third kappa shape index (κ3) is 7.29. The van der Waals surface area contributed by atoms with Gasteiger partial charge in [0.2, 0.25) is 5.91 Å². The smallest absolute Gasteiger partial charge is 0.253 e. The molecule has 2 N–H and O–H groups in total. The number of amides is 2. The quantitative estimate of drug-likeness (QED) is 0.290.